The van der Waals surface area contributed by atoms with Crippen LogP contribution < -0.4 is 5.56 Å². The van der Waals surface area contributed by atoms with Gasteiger partial charge in [-0.1, -0.05) is 0 Å². The van der Waals surface area contributed by atoms with Crippen molar-refractivity contribution >= 4 is 0 Å². The van der Waals surface area contributed by atoms with Crippen LogP contribution in [0.5, 0.6) is 0 Å². The van der Waals surface area contributed by atoms with Crippen molar-refractivity contribution in [1.29, 1.82) is 0 Å². The van der Waals surface area contributed by atoms with Gasteiger partial charge in [0.25, 0.3) is 5.56 Å². The monoisotopic (exact) mass is 367 g/mol. The van der Waals surface area contributed by atoms with Gasteiger partial charge in [0.05, 0.1) is 17.7 Å². The van der Waals surface area contributed by atoms with Gasteiger partial charge in [-0.05, 0) is 70.0 Å². The first-order valence-electron chi connectivity index (χ1n) is 10.6. The van der Waals surface area contributed by atoms with Crippen LogP contribution in [0.4, 0.5) is 0 Å². The fraction of sp³-hybridized carbons (Fsp3) is 0.667. The standard InChI is InChI=1S/C21H29N5O/c27-21-12-20(17-4-5-17)22-15-25(21)13-16-6-9-24(10-7-16)14-18-11-19-3-1-2-8-26(19)23-18/h11-12,15-17H,1-10,13-14H2. The molecule has 6 nitrogen and oxygen atoms in total. The molecule has 0 aromatic carbocycles. The van der Waals surface area contributed by atoms with Crippen molar-refractivity contribution in [3.8, 4) is 0 Å². The fourth-order valence-corrected chi connectivity index (χ4v) is 4.57. The lowest BCUT2D eigenvalue weighted by Gasteiger charge is -2.31. The van der Waals surface area contributed by atoms with Gasteiger partial charge in [0.1, 0.15) is 0 Å². The zero-order valence-electron chi connectivity index (χ0n) is 16.0. The summed E-state index contributed by atoms with van der Waals surface area (Å²) < 4.78 is 4.02. The molecule has 3 aliphatic rings. The number of piperidine rings is 1. The van der Waals surface area contributed by atoms with Gasteiger partial charge in [-0.15, -0.1) is 0 Å². The average Bonchev–Trinajstić information content (AvgIpc) is 3.45. The first-order valence-corrected chi connectivity index (χ1v) is 10.6. The van der Waals surface area contributed by atoms with Gasteiger partial charge in [0.2, 0.25) is 0 Å². The highest BCUT2D eigenvalue weighted by Gasteiger charge is 2.26. The predicted octanol–water partition coefficient (Wildman–Crippen LogP) is 2.57. The summed E-state index contributed by atoms with van der Waals surface area (Å²) in [5.74, 6) is 1.12. The maximum atomic E-state index is 12.3. The van der Waals surface area contributed by atoms with Crippen LogP contribution in [0.3, 0.4) is 0 Å². The largest absolute Gasteiger partial charge is 0.299 e. The summed E-state index contributed by atoms with van der Waals surface area (Å²) in [5, 5.41) is 4.79. The Morgan fingerprint density at radius 3 is 2.63 bits per heavy atom. The number of fused-ring (bicyclic) bond motifs is 1. The highest BCUT2D eigenvalue weighted by molar-refractivity contribution is 5.13. The van der Waals surface area contributed by atoms with Crippen LogP contribution in [0.1, 0.15) is 61.5 Å². The Morgan fingerprint density at radius 2 is 1.89 bits per heavy atom. The van der Waals surface area contributed by atoms with E-state index in [9.17, 15) is 4.79 Å². The third kappa shape index (κ3) is 3.86. The molecule has 6 heteroatoms. The zero-order chi connectivity index (χ0) is 18.2. The number of aryl methyl sites for hydroxylation is 2. The Balaban J connectivity index is 1.15. The Kier molecular flexibility index (Phi) is 4.60. The number of rotatable bonds is 5. The summed E-state index contributed by atoms with van der Waals surface area (Å²) in [5.41, 5.74) is 3.75. The highest BCUT2D eigenvalue weighted by atomic mass is 16.1. The van der Waals surface area contributed by atoms with Gasteiger partial charge in [0.15, 0.2) is 0 Å². The maximum Gasteiger partial charge on any atom is 0.253 e. The minimum atomic E-state index is 0.123. The third-order valence-electron chi connectivity index (χ3n) is 6.41. The van der Waals surface area contributed by atoms with Gasteiger partial charge in [-0.25, -0.2) is 4.98 Å². The molecule has 0 N–H and O–H groups in total. The number of hydrogen-bond donors (Lipinski definition) is 0. The van der Waals surface area contributed by atoms with E-state index in [2.05, 4.69) is 20.6 Å². The van der Waals surface area contributed by atoms with Crippen molar-refractivity contribution in [2.45, 2.75) is 70.5 Å². The molecule has 0 radical (unpaired) electrons. The lowest BCUT2D eigenvalue weighted by molar-refractivity contribution is 0.164. The molecular formula is C21H29N5O. The summed E-state index contributed by atoms with van der Waals surface area (Å²) in [4.78, 5) is 19.4. The van der Waals surface area contributed by atoms with E-state index >= 15 is 0 Å². The Bertz CT molecular complexity index is 834. The summed E-state index contributed by atoms with van der Waals surface area (Å²) in [6.07, 6.45) is 10.2. The molecule has 2 aliphatic heterocycles. The number of hydrogen-bond acceptors (Lipinski definition) is 4. The van der Waals surface area contributed by atoms with Crippen LogP contribution in [0, 0.1) is 5.92 Å². The van der Waals surface area contributed by atoms with Gasteiger partial charge in [-0.3, -0.25) is 18.9 Å². The highest BCUT2D eigenvalue weighted by Crippen LogP contribution is 2.38. The second-order valence-electron chi connectivity index (χ2n) is 8.61. The van der Waals surface area contributed by atoms with Crippen molar-refractivity contribution in [3.63, 3.8) is 0 Å². The van der Waals surface area contributed by atoms with Crippen molar-refractivity contribution in [1.82, 2.24) is 24.2 Å². The first kappa shape index (κ1) is 17.2. The normalized spacial score (nSPS) is 21.3. The van der Waals surface area contributed by atoms with E-state index < -0.39 is 0 Å². The molecule has 0 unspecified atom stereocenters. The minimum absolute atomic E-state index is 0.123. The van der Waals surface area contributed by atoms with Crippen LogP contribution in [-0.4, -0.2) is 37.3 Å². The molecule has 0 atom stereocenters. The fourth-order valence-electron chi connectivity index (χ4n) is 4.57. The molecule has 0 spiro atoms. The van der Waals surface area contributed by atoms with E-state index in [4.69, 9.17) is 5.10 Å². The van der Waals surface area contributed by atoms with Gasteiger partial charge < -0.3 is 0 Å². The van der Waals surface area contributed by atoms with Gasteiger partial charge in [-0.2, -0.15) is 5.10 Å². The SMILES string of the molecule is O=c1cc(C2CC2)ncn1CC1CCN(Cc2cc3n(n2)CCCC3)CC1. The van der Waals surface area contributed by atoms with Gasteiger partial charge >= 0.3 is 0 Å². The van der Waals surface area contributed by atoms with E-state index in [1.54, 1.807) is 12.4 Å². The second-order valence-corrected chi connectivity index (χ2v) is 8.61. The molecule has 1 aliphatic carbocycles. The van der Waals surface area contributed by atoms with Crippen molar-refractivity contribution < 1.29 is 0 Å². The summed E-state index contributed by atoms with van der Waals surface area (Å²) in [7, 11) is 0. The topological polar surface area (TPSA) is 56.0 Å². The molecule has 2 aromatic heterocycles. The zero-order valence-corrected chi connectivity index (χ0v) is 16.0. The van der Waals surface area contributed by atoms with Crippen molar-refractivity contribution in [3.05, 3.63) is 45.9 Å². The molecule has 0 amide bonds. The Hall–Kier alpha value is -1.95. The maximum absolute atomic E-state index is 12.3. The molecule has 2 aromatic rings. The van der Waals surface area contributed by atoms with Gasteiger partial charge in [0, 0.05) is 37.3 Å². The van der Waals surface area contributed by atoms with E-state index in [1.807, 2.05) is 4.57 Å². The van der Waals surface area contributed by atoms with E-state index in [-0.39, 0.29) is 5.56 Å². The lowest BCUT2D eigenvalue weighted by Crippen LogP contribution is -2.36. The average molecular weight is 367 g/mol. The second kappa shape index (κ2) is 7.23. The summed E-state index contributed by atoms with van der Waals surface area (Å²) >= 11 is 0. The van der Waals surface area contributed by atoms with Crippen LogP contribution in [0.25, 0.3) is 0 Å². The molecule has 4 heterocycles. The number of likely N-dealkylation sites (tertiary alicyclic amines) is 1. The molecule has 1 saturated heterocycles. The number of aromatic nitrogens is 4. The molecule has 27 heavy (non-hydrogen) atoms. The lowest BCUT2D eigenvalue weighted by atomic mass is 9.96. The molecule has 1 saturated carbocycles. The molecular weight excluding hydrogens is 338 g/mol. The van der Waals surface area contributed by atoms with Crippen LogP contribution in [0.15, 0.2) is 23.3 Å². The smallest absolute Gasteiger partial charge is 0.253 e. The van der Waals surface area contributed by atoms with E-state index in [0.29, 0.717) is 11.8 Å². The molecule has 0 bridgehead atoms. The molecule has 5 rings (SSSR count). The van der Waals surface area contributed by atoms with E-state index in [1.165, 1.54) is 43.5 Å². The quantitative estimate of drug-likeness (QED) is 0.815. The Labute approximate surface area is 160 Å². The number of nitrogens with zero attached hydrogens (tertiary/aromatic N) is 5. The van der Waals surface area contributed by atoms with Crippen molar-refractivity contribution in [2.75, 3.05) is 13.1 Å². The van der Waals surface area contributed by atoms with Crippen LogP contribution >= 0.6 is 0 Å². The first-order chi connectivity index (χ1) is 13.2. The van der Waals surface area contributed by atoms with Crippen LogP contribution in [-0.2, 0) is 26.1 Å². The minimum Gasteiger partial charge on any atom is -0.299 e. The third-order valence-corrected chi connectivity index (χ3v) is 6.41. The predicted molar refractivity (Wildman–Crippen MR) is 104 cm³/mol. The van der Waals surface area contributed by atoms with Crippen molar-refractivity contribution in [2.24, 2.45) is 5.92 Å². The summed E-state index contributed by atoms with van der Waals surface area (Å²) in [6.45, 7) is 5.04. The molecule has 144 valence electrons. The van der Waals surface area contributed by atoms with E-state index in [0.717, 1.165) is 51.3 Å². The Morgan fingerprint density at radius 1 is 1.04 bits per heavy atom. The van der Waals surface area contributed by atoms with Crippen LogP contribution in [0.2, 0.25) is 0 Å². The molecule has 2 fully saturated rings. The summed E-state index contributed by atoms with van der Waals surface area (Å²) in [6, 6.07) is 4.06.